The maximum atomic E-state index is 2.39. The summed E-state index contributed by atoms with van der Waals surface area (Å²) in [7, 11) is 0. The average molecular weight is 406 g/mol. The van der Waals surface area contributed by atoms with Crippen molar-refractivity contribution in [1.82, 2.24) is 4.57 Å². The van der Waals surface area contributed by atoms with Gasteiger partial charge in [-0.05, 0) is 25.7 Å². The Morgan fingerprint density at radius 1 is 0.517 bits per heavy atom. The zero-order valence-electron chi connectivity index (χ0n) is 20.2. The van der Waals surface area contributed by atoms with Crippen LogP contribution in [-0.2, 0) is 13.1 Å². The van der Waals surface area contributed by atoms with E-state index in [2.05, 4.69) is 41.7 Å². The molecule has 0 saturated heterocycles. The van der Waals surface area contributed by atoms with Gasteiger partial charge < -0.3 is 0 Å². The Bertz CT molecular complexity index is 438. The first-order valence-electron chi connectivity index (χ1n) is 13.4. The summed E-state index contributed by atoms with van der Waals surface area (Å²) < 4.78 is 4.78. The van der Waals surface area contributed by atoms with Crippen LogP contribution in [0.4, 0.5) is 0 Å². The Hall–Kier alpha value is -0.790. The molecule has 0 radical (unpaired) electrons. The van der Waals surface area contributed by atoms with Gasteiger partial charge in [-0.2, -0.15) is 0 Å². The maximum Gasteiger partial charge on any atom is 0.243 e. The van der Waals surface area contributed by atoms with Gasteiger partial charge in [0, 0.05) is 0 Å². The van der Waals surface area contributed by atoms with Gasteiger partial charge in [-0.15, -0.1) is 0 Å². The van der Waals surface area contributed by atoms with Gasteiger partial charge in [0.05, 0.1) is 13.1 Å². The van der Waals surface area contributed by atoms with Gasteiger partial charge in [0.15, 0.2) is 0 Å². The molecule has 2 nitrogen and oxygen atoms in total. The van der Waals surface area contributed by atoms with Crippen LogP contribution < -0.4 is 4.57 Å². The van der Waals surface area contributed by atoms with Crippen molar-refractivity contribution in [2.75, 3.05) is 0 Å². The molecule has 0 atom stereocenters. The molecule has 0 spiro atoms. The van der Waals surface area contributed by atoms with E-state index >= 15 is 0 Å². The average Bonchev–Trinajstić information content (AvgIpc) is 3.18. The van der Waals surface area contributed by atoms with Gasteiger partial charge in [-0.25, -0.2) is 9.13 Å². The second-order valence-corrected chi connectivity index (χ2v) is 9.25. The lowest BCUT2D eigenvalue weighted by Gasteiger charge is -2.02. The molecule has 2 heteroatoms. The molecular weight excluding hydrogens is 352 g/mol. The predicted molar refractivity (Wildman–Crippen MR) is 128 cm³/mol. The lowest BCUT2D eigenvalue weighted by Crippen LogP contribution is -2.30. The highest BCUT2D eigenvalue weighted by molar-refractivity contribution is 4.66. The highest BCUT2D eigenvalue weighted by Gasteiger charge is 2.03. The smallest absolute Gasteiger partial charge is 0.237 e. The minimum atomic E-state index is 1.20. The number of nitrogens with zero attached hydrogens (tertiary/aromatic N) is 2. The zero-order valence-corrected chi connectivity index (χ0v) is 20.2. The summed E-state index contributed by atoms with van der Waals surface area (Å²) >= 11 is 0. The van der Waals surface area contributed by atoms with E-state index < -0.39 is 0 Å². The molecule has 0 aliphatic heterocycles. The quantitative estimate of drug-likeness (QED) is 0.135. The molecule has 0 bridgehead atoms. The van der Waals surface area contributed by atoms with Crippen LogP contribution in [0, 0.1) is 0 Å². The monoisotopic (exact) mass is 405 g/mol. The molecule has 0 aliphatic carbocycles. The number of hydrogen-bond donors (Lipinski definition) is 0. The Balaban J connectivity index is 1.88. The topological polar surface area (TPSA) is 8.81 Å². The molecular formula is C27H53N2+. The van der Waals surface area contributed by atoms with Crippen molar-refractivity contribution < 1.29 is 4.57 Å². The Kier molecular flexibility index (Phi) is 18.5. The first-order valence-corrected chi connectivity index (χ1v) is 13.4. The summed E-state index contributed by atoms with van der Waals surface area (Å²) in [5.41, 5.74) is 0. The molecule has 170 valence electrons. The molecule has 0 saturated carbocycles. The van der Waals surface area contributed by atoms with Crippen LogP contribution in [0.25, 0.3) is 0 Å². The summed E-state index contributed by atoms with van der Waals surface area (Å²) in [6, 6.07) is 0. The van der Waals surface area contributed by atoms with Crippen LogP contribution in [0.15, 0.2) is 18.7 Å². The van der Waals surface area contributed by atoms with E-state index in [-0.39, 0.29) is 0 Å². The van der Waals surface area contributed by atoms with E-state index in [1.165, 1.54) is 142 Å². The summed E-state index contributed by atoms with van der Waals surface area (Å²) in [5, 5.41) is 0. The molecule has 0 aromatic carbocycles. The third kappa shape index (κ3) is 16.7. The summed E-state index contributed by atoms with van der Waals surface area (Å²) in [6.07, 6.45) is 35.2. The molecule has 1 aromatic heterocycles. The lowest BCUT2D eigenvalue weighted by atomic mass is 10.1. The molecule has 0 amide bonds. The second kappa shape index (κ2) is 20.5. The van der Waals surface area contributed by atoms with E-state index in [1.54, 1.807) is 0 Å². The number of rotatable bonds is 22. The third-order valence-corrected chi connectivity index (χ3v) is 6.29. The van der Waals surface area contributed by atoms with Gasteiger partial charge in [-0.3, -0.25) is 0 Å². The summed E-state index contributed by atoms with van der Waals surface area (Å²) in [4.78, 5) is 0. The third-order valence-electron chi connectivity index (χ3n) is 6.29. The van der Waals surface area contributed by atoms with Crippen LogP contribution in [0.2, 0.25) is 0 Å². The second-order valence-electron chi connectivity index (χ2n) is 9.25. The highest BCUT2D eigenvalue weighted by Crippen LogP contribution is 2.12. The number of aromatic nitrogens is 2. The van der Waals surface area contributed by atoms with E-state index in [0.717, 1.165) is 0 Å². The zero-order chi connectivity index (χ0) is 20.8. The summed E-state index contributed by atoms with van der Waals surface area (Å²) in [5.74, 6) is 0. The van der Waals surface area contributed by atoms with Gasteiger partial charge in [0.2, 0.25) is 6.33 Å². The normalized spacial score (nSPS) is 11.4. The predicted octanol–water partition coefficient (Wildman–Crippen LogP) is 8.62. The largest absolute Gasteiger partial charge is 0.243 e. The van der Waals surface area contributed by atoms with E-state index in [0.29, 0.717) is 0 Å². The fraction of sp³-hybridized carbons (Fsp3) is 0.889. The number of unbranched alkanes of at least 4 members (excludes halogenated alkanes) is 18. The number of hydrogen-bond acceptors (Lipinski definition) is 0. The Morgan fingerprint density at radius 2 is 0.931 bits per heavy atom. The van der Waals surface area contributed by atoms with Gasteiger partial charge >= 0.3 is 0 Å². The van der Waals surface area contributed by atoms with Crippen molar-refractivity contribution in [3.8, 4) is 0 Å². The van der Waals surface area contributed by atoms with Gasteiger partial charge in [-0.1, -0.05) is 117 Å². The maximum absolute atomic E-state index is 2.39. The van der Waals surface area contributed by atoms with Crippen LogP contribution in [0.1, 0.15) is 142 Å². The first-order chi connectivity index (χ1) is 14.4. The molecule has 0 unspecified atom stereocenters. The molecule has 29 heavy (non-hydrogen) atoms. The molecule has 0 fully saturated rings. The van der Waals surface area contributed by atoms with Crippen LogP contribution in [0.3, 0.4) is 0 Å². The minimum Gasteiger partial charge on any atom is -0.237 e. The summed E-state index contributed by atoms with van der Waals surface area (Å²) in [6.45, 7) is 6.98. The highest BCUT2D eigenvalue weighted by atomic mass is 15.1. The number of imidazole rings is 1. The first kappa shape index (κ1) is 26.2. The van der Waals surface area contributed by atoms with Crippen molar-refractivity contribution in [2.24, 2.45) is 0 Å². The van der Waals surface area contributed by atoms with Crippen LogP contribution in [0.5, 0.6) is 0 Å². The van der Waals surface area contributed by atoms with E-state index in [4.69, 9.17) is 0 Å². The fourth-order valence-electron chi connectivity index (χ4n) is 4.27. The molecule has 1 heterocycles. The van der Waals surface area contributed by atoms with Crippen LogP contribution >= 0.6 is 0 Å². The SMILES string of the molecule is CCCCCCCCCCCCCn1cc[n+](CCCCCCCCCCC)c1. The Labute approximate surface area is 183 Å². The fourth-order valence-corrected chi connectivity index (χ4v) is 4.27. The number of aryl methyl sites for hydroxylation is 2. The Morgan fingerprint density at radius 3 is 1.41 bits per heavy atom. The van der Waals surface area contributed by atoms with Gasteiger partial charge in [0.25, 0.3) is 0 Å². The molecule has 1 aromatic rings. The lowest BCUT2D eigenvalue weighted by molar-refractivity contribution is -0.696. The van der Waals surface area contributed by atoms with Crippen molar-refractivity contribution in [2.45, 2.75) is 155 Å². The van der Waals surface area contributed by atoms with Crippen molar-refractivity contribution in [1.29, 1.82) is 0 Å². The van der Waals surface area contributed by atoms with Crippen molar-refractivity contribution in [3.05, 3.63) is 18.7 Å². The van der Waals surface area contributed by atoms with Gasteiger partial charge in [0.1, 0.15) is 12.4 Å². The van der Waals surface area contributed by atoms with Crippen LogP contribution in [-0.4, -0.2) is 4.57 Å². The minimum absolute atomic E-state index is 1.20. The van der Waals surface area contributed by atoms with E-state index in [9.17, 15) is 0 Å². The molecule has 1 rings (SSSR count). The standard InChI is InChI=1S/C27H53N2/c1-3-5-7-9-11-13-14-16-18-20-22-24-29-26-25-28(27-29)23-21-19-17-15-12-10-8-6-4-2/h25-27H,3-24H2,1-2H3/q+1. The van der Waals surface area contributed by atoms with Crippen molar-refractivity contribution >= 4 is 0 Å². The van der Waals surface area contributed by atoms with Crippen molar-refractivity contribution in [3.63, 3.8) is 0 Å². The molecule has 0 aliphatic rings. The molecule has 0 N–H and O–H groups in total. The van der Waals surface area contributed by atoms with E-state index in [1.807, 2.05) is 0 Å².